The Morgan fingerprint density at radius 3 is 1.03 bits per heavy atom. The molecule has 14 heteroatoms. The zero-order chi connectivity index (χ0) is 66.6. The summed E-state index contributed by atoms with van der Waals surface area (Å²) in [6.45, 7) is 2.86. The highest BCUT2D eigenvalue weighted by Crippen LogP contribution is 2.30. The van der Waals surface area contributed by atoms with Crippen molar-refractivity contribution in [2.24, 2.45) is 0 Å². The number of hydrogen-bond donors (Lipinski definition) is 9. The van der Waals surface area contributed by atoms with E-state index < -0.39 is 86.8 Å². The molecule has 12 atom stereocenters. The Labute approximate surface area is 564 Å². The van der Waals surface area contributed by atoms with E-state index in [1.807, 2.05) is 6.08 Å². The van der Waals surface area contributed by atoms with Crippen molar-refractivity contribution >= 4 is 5.91 Å². The maximum absolute atomic E-state index is 13.4. The molecular formula is C78H149NO13. The summed E-state index contributed by atoms with van der Waals surface area (Å²) in [7, 11) is 0. The maximum atomic E-state index is 13.4. The van der Waals surface area contributed by atoms with Crippen LogP contribution in [0.3, 0.4) is 0 Å². The zero-order valence-corrected chi connectivity index (χ0v) is 59.6. The zero-order valence-electron chi connectivity index (χ0n) is 59.6. The molecule has 0 aromatic rings. The average Bonchev–Trinajstić information content (AvgIpc) is 1.05. The molecule has 12 unspecified atom stereocenters. The molecule has 0 spiro atoms. The SMILES string of the molecule is CCCCCCCCCC/C=C\CCCCCCCCCCCCCCCCCCCCCCCCCCCCCC(=O)NC(COC1OC(CO)C(OC2OC(CO)C(O)C(O)C2O)C(O)C1O)C(O)/C=C/CCCCCCCCCCCCCCCCCCC. The van der Waals surface area contributed by atoms with E-state index in [2.05, 4.69) is 31.3 Å². The fourth-order valence-electron chi connectivity index (χ4n) is 13.4. The van der Waals surface area contributed by atoms with E-state index in [9.17, 15) is 45.6 Å². The van der Waals surface area contributed by atoms with E-state index in [1.165, 1.54) is 308 Å². The minimum atomic E-state index is -1.79. The first-order valence-corrected chi connectivity index (χ1v) is 39.6. The van der Waals surface area contributed by atoms with Crippen LogP contribution in [-0.4, -0.2) is 140 Å². The molecule has 2 fully saturated rings. The number of carbonyl (C=O) groups excluding carboxylic acids is 1. The quantitative estimate of drug-likeness (QED) is 0.0204. The molecule has 0 aromatic heterocycles. The lowest BCUT2D eigenvalue weighted by Gasteiger charge is -2.46. The van der Waals surface area contributed by atoms with Crippen LogP contribution in [0.2, 0.25) is 0 Å². The molecule has 2 aliphatic rings. The fourth-order valence-corrected chi connectivity index (χ4v) is 13.4. The Hall–Kier alpha value is -1.53. The highest BCUT2D eigenvalue weighted by Gasteiger charge is 2.51. The minimum Gasteiger partial charge on any atom is -0.394 e. The first-order chi connectivity index (χ1) is 45.1. The summed E-state index contributed by atoms with van der Waals surface area (Å²) in [5, 5.41) is 87.5. The number of amides is 1. The summed E-state index contributed by atoms with van der Waals surface area (Å²) in [5.74, 6) is -0.231. The third kappa shape index (κ3) is 45.9. The van der Waals surface area contributed by atoms with Crippen LogP contribution in [-0.2, 0) is 23.7 Å². The van der Waals surface area contributed by atoms with Gasteiger partial charge < -0.3 is 65.1 Å². The predicted octanol–water partition coefficient (Wildman–Crippen LogP) is 17.5. The van der Waals surface area contributed by atoms with Crippen molar-refractivity contribution in [1.82, 2.24) is 5.32 Å². The fraction of sp³-hybridized carbons (Fsp3) is 0.936. The molecule has 0 radical (unpaired) electrons. The second-order valence-corrected chi connectivity index (χ2v) is 28.2. The van der Waals surface area contributed by atoms with Gasteiger partial charge >= 0.3 is 0 Å². The normalized spacial score (nSPS) is 22.7. The number of unbranched alkanes of at least 4 members (excludes halogenated alkanes) is 52. The average molecular weight is 1310 g/mol. The van der Waals surface area contributed by atoms with Gasteiger partial charge in [0.15, 0.2) is 12.6 Å². The van der Waals surface area contributed by atoms with Crippen LogP contribution in [0.5, 0.6) is 0 Å². The van der Waals surface area contributed by atoms with Gasteiger partial charge in [0.2, 0.25) is 5.91 Å². The number of rotatable bonds is 67. The van der Waals surface area contributed by atoms with E-state index in [0.717, 1.165) is 38.5 Å². The van der Waals surface area contributed by atoms with Crippen LogP contribution in [0.4, 0.5) is 0 Å². The third-order valence-electron chi connectivity index (χ3n) is 19.6. The number of allylic oxidation sites excluding steroid dienone is 3. The Bertz CT molecular complexity index is 1640. The second kappa shape index (κ2) is 63.0. The van der Waals surface area contributed by atoms with Crippen LogP contribution in [0.25, 0.3) is 0 Å². The monoisotopic (exact) mass is 1310 g/mol. The lowest BCUT2D eigenvalue weighted by atomic mass is 9.97. The number of hydrogen-bond acceptors (Lipinski definition) is 13. The number of aliphatic hydroxyl groups excluding tert-OH is 8. The van der Waals surface area contributed by atoms with Crippen molar-refractivity contribution in [3.63, 3.8) is 0 Å². The van der Waals surface area contributed by atoms with Crippen molar-refractivity contribution in [2.75, 3.05) is 19.8 Å². The van der Waals surface area contributed by atoms with Crippen molar-refractivity contribution in [3.8, 4) is 0 Å². The molecule has 14 nitrogen and oxygen atoms in total. The van der Waals surface area contributed by atoms with Crippen LogP contribution in [0.15, 0.2) is 24.3 Å². The molecule has 0 saturated carbocycles. The Morgan fingerprint density at radius 2 is 0.685 bits per heavy atom. The van der Waals surface area contributed by atoms with Gasteiger partial charge in [0.25, 0.3) is 0 Å². The van der Waals surface area contributed by atoms with Crippen LogP contribution < -0.4 is 5.32 Å². The molecular weight excluding hydrogens is 1160 g/mol. The van der Waals surface area contributed by atoms with Crippen molar-refractivity contribution in [1.29, 1.82) is 0 Å². The van der Waals surface area contributed by atoms with Gasteiger partial charge in [-0.1, -0.05) is 346 Å². The van der Waals surface area contributed by atoms with Crippen molar-refractivity contribution in [2.45, 2.75) is 447 Å². The van der Waals surface area contributed by atoms with Crippen molar-refractivity contribution < 1.29 is 64.6 Å². The van der Waals surface area contributed by atoms with E-state index >= 15 is 0 Å². The van der Waals surface area contributed by atoms with Gasteiger partial charge in [0.05, 0.1) is 32.0 Å². The molecule has 544 valence electrons. The Balaban J connectivity index is 1.56. The Morgan fingerprint density at radius 1 is 0.380 bits per heavy atom. The van der Waals surface area contributed by atoms with Gasteiger partial charge in [-0.05, 0) is 44.9 Å². The Kier molecular flexibility index (Phi) is 59.2. The van der Waals surface area contributed by atoms with Gasteiger partial charge in [-0.3, -0.25) is 4.79 Å². The van der Waals surface area contributed by atoms with E-state index in [1.54, 1.807) is 6.08 Å². The van der Waals surface area contributed by atoms with Gasteiger partial charge in [0, 0.05) is 6.42 Å². The van der Waals surface area contributed by atoms with Gasteiger partial charge in [-0.15, -0.1) is 0 Å². The van der Waals surface area contributed by atoms with Gasteiger partial charge in [0.1, 0.15) is 48.8 Å². The largest absolute Gasteiger partial charge is 0.394 e. The molecule has 92 heavy (non-hydrogen) atoms. The van der Waals surface area contributed by atoms with E-state index in [0.29, 0.717) is 6.42 Å². The molecule has 0 bridgehead atoms. The number of carbonyl (C=O) groups is 1. The summed E-state index contributed by atoms with van der Waals surface area (Å²) in [6.07, 6.45) is 64.2. The molecule has 2 aliphatic heterocycles. The summed E-state index contributed by atoms with van der Waals surface area (Å²) in [5.41, 5.74) is 0. The topological polar surface area (TPSA) is 228 Å². The lowest BCUT2D eigenvalue weighted by molar-refractivity contribution is -0.359. The third-order valence-corrected chi connectivity index (χ3v) is 19.6. The molecule has 0 aliphatic carbocycles. The number of aliphatic hydroxyl groups is 8. The number of ether oxygens (including phenoxy) is 4. The van der Waals surface area contributed by atoms with Crippen LogP contribution >= 0.6 is 0 Å². The van der Waals surface area contributed by atoms with E-state index in [4.69, 9.17) is 18.9 Å². The first-order valence-electron chi connectivity index (χ1n) is 39.6. The van der Waals surface area contributed by atoms with Crippen LogP contribution in [0.1, 0.15) is 373 Å². The standard InChI is InChI=1S/C78H149NO13/c1-3-5-7-9-11-13-15-17-19-21-23-24-25-26-27-28-29-30-31-32-33-34-35-36-37-38-39-40-41-42-44-46-48-50-52-54-56-58-60-62-70(83)79-66(67(82)61-59-57-55-53-51-49-47-45-43-22-20-18-16-14-12-10-8-6-4-2)65-89-77-75(88)73(86)76(69(64-81)91-77)92-78-74(87)72(85)71(84)68(63-80)90-78/h21,23,59,61,66-69,71-78,80-82,84-88H,3-20,22,24-58,60,62-65H2,1-2H3,(H,79,83)/b23-21-,61-59+. The van der Waals surface area contributed by atoms with E-state index in [-0.39, 0.29) is 18.9 Å². The number of nitrogens with one attached hydrogen (secondary N) is 1. The summed E-state index contributed by atoms with van der Waals surface area (Å²) >= 11 is 0. The molecule has 2 rings (SSSR count). The highest BCUT2D eigenvalue weighted by atomic mass is 16.7. The van der Waals surface area contributed by atoms with Crippen molar-refractivity contribution in [3.05, 3.63) is 24.3 Å². The second-order valence-electron chi connectivity index (χ2n) is 28.2. The molecule has 2 saturated heterocycles. The van der Waals surface area contributed by atoms with Crippen LogP contribution in [0, 0.1) is 0 Å². The minimum absolute atomic E-state index is 0.231. The summed E-state index contributed by atoms with van der Waals surface area (Å²) in [4.78, 5) is 13.4. The highest BCUT2D eigenvalue weighted by molar-refractivity contribution is 5.76. The maximum Gasteiger partial charge on any atom is 0.220 e. The predicted molar refractivity (Wildman–Crippen MR) is 378 cm³/mol. The summed E-state index contributed by atoms with van der Waals surface area (Å²) in [6, 6.07) is -0.912. The summed E-state index contributed by atoms with van der Waals surface area (Å²) < 4.78 is 22.9. The van der Waals surface area contributed by atoms with Gasteiger partial charge in [-0.2, -0.15) is 0 Å². The first kappa shape index (κ1) is 86.6. The lowest BCUT2D eigenvalue weighted by Crippen LogP contribution is -2.65. The smallest absolute Gasteiger partial charge is 0.220 e. The molecule has 2 heterocycles. The van der Waals surface area contributed by atoms with Gasteiger partial charge in [-0.25, -0.2) is 0 Å². The molecule has 1 amide bonds. The molecule has 0 aromatic carbocycles. The molecule has 9 N–H and O–H groups in total.